The average molecular weight is 260 g/mol. The lowest BCUT2D eigenvalue weighted by atomic mass is 9.82. The lowest BCUT2D eigenvalue weighted by Gasteiger charge is -2.34. The van der Waals surface area contributed by atoms with Crippen LogP contribution in [-0.4, -0.2) is 31.7 Å². The van der Waals surface area contributed by atoms with Crippen LogP contribution in [-0.2, 0) is 9.47 Å². The molecule has 1 rings (SSSR count). The fourth-order valence-electron chi connectivity index (χ4n) is 2.67. The van der Waals surface area contributed by atoms with Crippen LogP contribution in [0.25, 0.3) is 0 Å². The maximum Gasteiger partial charge on any atom is 0.0619 e. The number of hydrogen-bond acceptors (Lipinski definition) is 3. The maximum atomic E-state index is 6.12. The van der Waals surface area contributed by atoms with Gasteiger partial charge in [-0.2, -0.15) is 12.6 Å². The Morgan fingerprint density at radius 2 is 1.76 bits per heavy atom. The average Bonchev–Trinajstić information content (AvgIpc) is 2.38. The third kappa shape index (κ3) is 5.19. The van der Waals surface area contributed by atoms with E-state index in [1.807, 2.05) is 0 Å². The van der Waals surface area contributed by atoms with E-state index in [1.54, 1.807) is 0 Å². The molecule has 0 unspecified atom stereocenters. The van der Waals surface area contributed by atoms with E-state index in [-0.39, 0.29) is 0 Å². The standard InChI is InChI=1S/C14H28O2S/c1-3-7-14(12-17,8-4-2)11-16-13-5-9-15-10-6-13/h13,17H,3-12H2,1-2H3. The van der Waals surface area contributed by atoms with Crippen LogP contribution in [0.2, 0.25) is 0 Å². The Balaban J connectivity index is 2.40. The van der Waals surface area contributed by atoms with Crippen molar-refractivity contribution < 1.29 is 9.47 Å². The molecule has 1 aliphatic rings. The van der Waals surface area contributed by atoms with Gasteiger partial charge in [-0.1, -0.05) is 26.7 Å². The first-order valence-corrected chi connectivity index (χ1v) is 7.70. The highest BCUT2D eigenvalue weighted by molar-refractivity contribution is 7.80. The molecule has 1 heterocycles. The predicted molar refractivity (Wildman–Crippen MR) is 75.9 cm³/mol. The Kier molecular flexibility index (Phi) is 7.56. The molecule has 0 spiro atoms. The topological polar surface area (TPSA) is 18.5 Å². The molecular weight excluding hydrogens is 232 g/mol. The van der Waals surface area contributed by atoms with Gasteiger partial charge in [0.25, 0.3) is 0 Å². The molecule has 0 aromatic rings. The Bertz CT molecular complexity index is 185. The Hall–Kier alpha value is 0.270. The zero-order valence-corrected chi connectivity index (χ0v) is 12.3. The van der Waals surface area contributed by atoms with Crippen molar-refractivity contribution in [2.75, 3.05) is 25.6 Å². The Morgan fingerprint density at radius 1 is 1.18 bits per heavy atom. The molecule has 0 radical (unpaired) electrons. The zero-order chi connectivity index (χ0) is 12.6. The second kappa shape index (κ2) is 8.39. The highest BCUT2D eigenvalue weighted by atomic mass is 32.1. The third-order valence-electron chi connectivity index (χ3n) is 3.69. The quantitative estimate of drug-likeness (QED) is 0.671. The molecule has 0 bridgehead atoms. The van der Waals surface area contributed by atoms with E-state index in [9.17, 15) is 0 Å². The minimum atomic E-state index is 0.297. The van der Waals surface area contributed by atoms with E-state index >= 15 is 0 Å². The Labute approximate surface area is 112 Å². The molecule has 0 aliphatic carbocycles. The second-order valence-corrected chi connectivity index (χ2v) is 5.60. The van der Waals surface area contributed by atoms with Gasteiger partial charge in [0.2, 0.25) is 0 Å². The fourth-order valence-corrected chi connectivity index (χ4v) is 3.08. The monoisotopic (exact) mass is 260 g/mol. The van der Waals surface area contributed by atoms with Crippen molar-refractivity contribution in [2.45, 2.75) is 58.5 Å². The van der Waals surface area contributed by atoms with Gasteiger partial charge in [-0.15, -0.1) is 0 Å². The highest BCUT2D eigenvalue weighted by Gasteiger charge is 2.28. The first-order chi connectivity index (χ1) is 8.26. The van der Waals surface area contributed by atoms with E-state index < -0.39 is 0 Å². The molecule has 102 valence electrons. The first-order valence-electron chi connectivity index (χ1n) is 7.06. The summed E-state index contributed by atoms with van der Waals surface area (Å²) < 4.78 is 11.5. The van der Waals surface area contributed by atoms with Crippen LogP contribution in [0.3, 0.4) is 0 Å². The van der Waals surface area contributed by atoms with E-state index in [2.05, 4.69) is 26.5 Å². The summed E-state index contributed by atoms with van der Waals surface area (Å²) in [5.41, 5.74) is 0.297. The van der Waals surface area contributed by atoms with Gasteiger partial charge >= 0.3 is 0 Å². The van der Waals surface area contributed by atoms with E-state index in [0.29, 0.717) is 11.5 Å². The van der Waals surface area contributed by atoms with Crippen LogP contribution < -0.4 is 0 Å². The summed E-state index contributed by atoms with van der Waals surface area (Å²) in [5.74, 6) is 0.942. The van der Waals surface area contributed by atoms with Crippen LogP contribution in [0.15, 0.2) is 0 Å². The van der Waals surface area contributed by atoms with E-state index in [4.69, 9.17) is 9.47 Å². The molecule has 0 aromatic carbocycles. The molecule has 0 amide bonds. The van der Waals surface area contributed by atoms with Gasteiger partial charge in [0, 0.05) is 18.6 Å². The number of rotatable bonds is 8. The first kappa shape index (κ1) is 15.3. The summed E-state index contributed by atoms with van der Waals surface area (Å²) in [4.78, 5) is 0. The molecule has 1 aliphatic heterocycles. The molecule has 17 heavy (non-hydrogen) atoms. The van der Waals surface area contributed by atoms with Crippen LogP contribution in [0.5, 0.6) is 0 Å². The number of thiol groups is 1. The highest BCUT2D eigenvalue weighted by Crippen LogP contribution is 2.32. The SMILES string of the molecule is CCCC(CS)(CCC)COC1CCOCC1. The summed E-state index contributed by atoms with van der Waals surface area (Å²) in [6, 6.07) is 0. The van der Waals surface area contributed by atoms with Crippen molar-refractivity contribution in [3.05, 3.63) is 0 Å². The lowest BCUT2D eigenvalue weighted by molar-refractivity contribution is -0.0612. The summed E-state index contributed by atoms with van der Waals surface area (Å²) in [6.45, 7) is 7.10. The van der Waals surface area contributed by atoms with Gasteiger partial charge in [-0.05, 0) is 31.4 Å². The molecule has 1 saturated heterocycles. The minimum Gasteiger partial charge on any atom is -0.381 e. The predicted octanol–water partition coefficient (Wildman–Crippen LogP) is 3.70. The molecule has 1 fully saturated rings. The van der Waals surface area contributed by atoms with Gasteiger partial charge in [-0.3, -0.25) is 0 Å². The molecule has 0 atom stereocenters. The van der Waals surface area contributed by atoms with E-state index in [1.165, 1.54) is 25.7 Å². The van der Waals surface area contributed by atoms with E-state index in [0.717, 1.165) is 38.4 Å². The molecular formula is C14H28O2S. The molecule has 0 N–H and O–H groups in total. The van der Waals surface area contributed by atoms with Crippen molar-refractivity contribution in [2.24, 2.45) is 5.41 Å². The van der Waals surface area contributed by atoms with Gasteiger partial charge in [0.15, 0.2) is 0 Å². The van der Waals surface area contributed by atoms with Crippen molar-refractivity contribution in [1.29, 1.82) is 0 Å². The van der Waals surface area contributed by atoms with Crippen LogP contribution in [0, 0.1) is 5.41 Å². The molecule has 3 heteroatoms. The second-order valence-electron chi connectivity index (χ2n) is 5.28. The van der Waals surface area contributed by atoms with Crippen molar-refractivity contribution in [3.63, 3.8) is 0 Å². The van der Waals surface area contributed by atoms with Crippen molar-refractivity contribution in [1.82, 2.24) is 0 Å². The van der Waals surface area contributed by atoms with Crippen molar-refractivity contribution in [3.8, 4) is 0 Å². The van der Waals surface area contributed by atoms with Crippen molar-refractivity contribution >= 4 is 12.6 Å². The molecule has 2 nitrogen and oxygen atoms in total. The lowest BCUT2D eigenvalue weighted by Crippen LogP contribution is -2.33. The summed E-state index contributed by atoms with van der Waals surface area (Å²) in [5, 5.41) is 0. The van der Waals surface area contributed by atoms with Crippen LogP contribution in [0.1, 0.15) is 52.4 Å². The zero-order valence-electron chi connectivity index (χ0n) is 11.4. The largest absolute Gasteiger partial charge is 0.381 e. The Morgan fingerprint density at radius 3 is 2.24 bits per heavy atom. The minimum absolute atomic E-state index is 0.297. The van der Waals surface area contributed by atoms with Gasteiger partial charge in [0.05, 0.1) is 12.7 Å². The van der Waals surface area contributed by atoms with Crippen LogP contribution >= 0.6 is 12.6 Å². The number of hydrogen-bond donors (Lipinski definition) is 1. The molecule has 0 aromatic heterocycles. The van der Waals surface area contributed by atoms with Gasteiger partial charge in [0.1, 0.15) is 0 Å². The maximum absolute atomic E-state index is 6.12. The molecule has 0 saturated carbocycles. The summed E-state index contributed by atoms with van der Waals surface area (Å²) in [7, 11) is 0. The summed E-state index contributed by atoms with van der Waals surface area (Å²) in [6.07, 6.45) is 7.43. The van der Waals surface area contributed by atoms with Gasteiger partial charge < -0.3 is 9.47 Å². The fraction of sp³-hybridized carbons (Fsp3) is 1.00. The van der Waals surface area contributed by atoms with Gasteiger partial charge in [-0.25, -0.2) is 0 Å². The number of ether oxygens (including phenoxy) is 2. The van der Waals surface area contributed by atoms with Crippen LogP contribution in [0.4, 0.5) is 0 Å². The normalized spacial score (nSPS) is 18.5. The third-order valence-corrected chi connectivity index (χ3v) is 4.36. The summed E-state index contributed by atoms with van der Waals surface area (Å²) >= 11 is 4.56. The smallest absolute Gasteiger partial charge is 0.0619 e.